The van der Waals surface area contributed by atoms with Gasteiger partial charge in [-0.2, -0.15) is 10.2 Å². The Balaban J connectivity index is 1.66. The molecule has 0 aliphatic heterocycles. The predicted octanol–water partition coefficient (Wildman–Crippen LogP) is 3.22. The fraction of sp³-hybridized carbons (Fsp3) is 0.217. The van der Waals surface area contributed by atoms with Crippen molar-refractivity contribution in [2.75, 3.05) is 0 Å². The number of hydrogen-bond donors (Lipinski definition) is 1. The number of para-hydroxylation sites is 1. The topological polar surface area (TPSA) is 81.8 Å². The number of aryl methyl sites for hydroxylation is 2. The Labute approximate surface area is 178 Å². The van der Waals surface area contributed by atoms with Crippen LogP contribution in [0.1, 0.15) is 29.9 Å². The average Bonchev–Trinajstić information content (AvgIpc) is 3.14. The van der Waals surface area contributed by atoms with Crippen LogP contribution in [0.15, 0.2) is 59.4 Å². The van der Waals surface area contributed by atoms with Gasteiger partial charge in [0.05, 0.1) is 22.5 Å². The number of halogens is 1. The van der Waals surface area contributed by atoms with Crippen LogP contribution in [-0.4, -0.2) is 25.5 Å². The van der Waals surface area contributed by atoms with E-state index in [1.807, 2.05) is 37.3 Å². The highest BCUT2D eigenvalue weighted by atomic mass is 19.1. The van der Waals surface area contributed by atoms with Gasteiger partial charge < -0.3 is 5.32 Å². The normalized spacial score (nSPS) is 12.1. The van der Waals surface area contributed by atoms with Crippen molar-refractivity contribution in [1.29, 1.82) is 0 Å². The Bertz CT molecular complexity index is 1310. The molecule has 7 nitrogen and oxygen atoms in total. The maximum Gasteiger partial charge on any atom is 0.295 e. The molecule has 1 atom stereocenters. The van der Waals surface area contributed by atoms with Gasteiger partial charge in [-0.25, -0.2) is 13.8 Å². The van der Waals surface area contributed by atoms with Gasteiger partial charge in [-0.05, 0) is 50.6 Å². The van der Waals surface area contributed by atoms with Crippen LogP contribution in [0, 0.1) is 19.7 Å². The second kappa shape index (κ2) is 8.14. The quantitative estimate of drug-likeness (QED) is 0.539. The molecule has 0 radical (unpaired) electrons. The monoisotopic (exact) mass is 419 g/mol. The van der Waals surface area contributed by atoms with E-state index >= 15 is 0 Å². The molecule has 0 aliphatic carbocycles. The average molecular weight is 419 g/mol. The van der Waals surface area contributed by atoms with E-state index in [9.17, 15) is 14.0 Å². The standard InChI is InChI=1S/C23H22FN5O2/c1-14-20-15(2)28(19-7-5-4-6-8-19)27-21(20)23(31)29(26-14)16(3)22(30)25-13-17-9-11-18(24)12-10-17/h4-12,16H,13H2,1-3H3,(H,25,30). The van der Waals surface area contributed by atoms with Crippen LogP contribution in [0.25, 0.3) is 16.6 Å². The third kappa shape index (κ3) is 3.84. The van der Waals surface area contributed by atoms with Crippen molar-refractivity contribution >= 4 is 16.8 Å². The molecular formula is C23H22FN5O2. The van der Waals surface area contributed by atoms with Gasteiger partial charge in [-0.15, -0.1) is 0 Å². The van der Waals surface area contributed by atoms with Crippen molar-refractivity contribution in [3.8, 4) is 5.69 Å². The Morgan fingerprint density at radius 1 is 1.06 bits per heavy atom. The van der Waals surface area contributed by atoms with Gasteiger partial charge in [0, 0.05) is 6.54 Å². The van der Waals surface area contributed by atoms with Crippen molar-refractivity contribution in [1.82, 2.24) is 24.9 Å². The van der Waals surface area contributed by atoms with E-state index in [4.69, 9.17) is 0 Å². The van der Waals surface area contributed by atoms with E-state index in [0.29, 0.717) is 11.1 Å². The second-order valence-corrected chi connectivity index (χ2v) is 7.41. The molecule has 0 spiro atoms. The zero-order valence-corrected chi connectivity index (χ0v) is 17.5. The molecule has 1 amide bonds. The number of benzene rings is 2. The first kappa shape index (κ1) is 20.5. The molecule has 0 saturated heterocycles. The minimum absolute atomic E-state index is 0.223. The largest absolute Gasteiger partial charge is 0.350 e. The third-order valence-corrected chi connectivity index (χ3v) is 5.27. The second-order valence-electron chi connectivity index (χ2n) is 7.41. The molecule has 0 aliphatic rings. The number of nitrogens with zero attached hydrogens (tertiary/aromatic N) is 4. The summed E-state index contributed by atoms with van der Waals surface area (Å²) in [6.07, 6.45) is 0. The molecule has 4 rings (SSSR count). The molecule has 2 aromatic heterocycles. The zero-order chi connectivity index (χ0) is 22.1. The molecule has 0 saturated carbocycles. The predicted molar refractivity (Wildman–Crippen MR) is 116 cm³/mol. The number of nitrogens with one attached hydrogen (secondary N) is 1. The lowest BCUT2D eigenvalue weighted by molar-refractivity contribution is -0.124. The molecule has 31 heavy (non-hydrogen) atoms. The maximum absolute atomic E-state index is 13.1. The summed E-state index contributed by atoms with van der Waals surface area (Å²) in [5.41, 5.74) is 2.86. The Morgan fingerprint density at radius 3 is 2.42 bits per heavy atom. The SMILES string of the molecule is Cc1nn(C(C)C(=O)NCc2ccc(F)cc2)c(=O)c2nn(-c3ccccc3)c(C)c12. The lowest BCUT2D eigenvalue weighted by Crippen LogP contribution is -2.37. The van der Waals surface area contributed by atoms with Gasteiger partial charge in [-0.1, -0.05) is 30.3 Å². The van der Waals surface area contributed by atoms with E-state index in [-0.39, 0.29) is 23.8 Å². The summed E-state index contributed by atoms with van der Waals surface area (Å²) >= 11 is 0. The summed E-state index contributed by atoms with van der Waals surface area (Å²) in [5, 5.41) is 12.4. The number of hydrogen-bond acceptors (Lipinski definition) is 4. The fourth-order valence-corrected chi connectivity index (χ4v) is 3.58. The summed E-state index contributed by atoms with van der Waals surface area (Å²) in [4.78, 5) is 25.8. The highest BCUT2D eigenvalue weighted by Crippen LogP contribution is 2.21. The summed E-state index contributed by atoms with van der Waals surface area (Å²) in [5.74, 6) is -0.704. The molecule has 0 fully saturated rings. The number of carbonyl (C=O) groups excluding carboxylic acids is 1. The first-order valence-corrected chi connectivity index (χ1v) is 9.93. The lowest BCUT2D eigenvalue weighted by atomic mass is 10.2. The molecule has 158 valence electrons. The van der Waals surface area contributed by atoms with Gasteiger partial charge in [0.25, 0.3) is 5.56 Å². The van der Waals surface area contributed by atoms with Crippen LogP contribution in [0.5, 0.6) is 0 Å². The number of fused-ring (bicyclic) bond motifs is 1. The molecule has 4 aromatic rings. The van der Waals surface area contributed by atoms with Crippen LogP contribution in [-0.2, 0) is 11.3 Å². The van der Waals surface area contributed by atoms with Gasteiger partial charge in [0.1, 0.15) is 11.9 Å². The first-order chi connectivity index (χ1) is 14.9. The van der Waals surface area contributed by atoms with Crippen LogP contribution < -0.4 is 10.9 Å². The van der Waals surface area contributed by atoms with Crippen molar-refractivity contribution in [3.63, 3.8) is 0 Å². The molecule has 8 heteroatoms. The molecule has 0 bridgehead atoms. The van der Waals surface area contributed by atoms with Crippen LogP contribution in [0.4, 0.5) is 4.39 Å². The van der Waals surface area contributed by atoms with Crippen molar-refractivity contribution in [2.45, 2.75) is 33.4 Å². The van der Waals surface area contributed by atoms with Crippen molar-refractivity contribution in [2.24, 2.45) is 0 Å². The Morgan fingerprint density at radius 2 is 1.74 bits per heavy atom. The summed E-state index contributed by atoms with van der Waals surface area (Å²) in [7, 11) is 0. The molecule has 2 heterocycles. The van der Waals surface area contributed by atoms with E-state index < -0.39 is 11.6 Å². The summed E-state index contributed by atoms with van der Waals surface area (Å²) < 4.78 is 15.9. The van der Waals surface area contributed by atoms with E-state index in [1.165, 1.54) is 16.8 Å². The number of aromatic nitrogens is 4. The number of rotatable bonds is 5. The van der Waals surface area contributed by atoms with Crippen molar-refractivity contribution in [3.05, 3.63) is 87.7 Å². The minimum atomic E-state index is -0.835. The molecular weight excluding hydrogens is 397 g/mol. The van der Waals surface area contributed by atoms with Gasteiger partial charge in [0.2, 0.25) is 5.91 Å². The van der Waals surface area contributed by atoms with E-state index in [0.717, 1.165) is 16.9 Å². The smallest absolute Gasteiger partial charge is 0.295 e. The number of amides is 1. The summed E-state index contributed by atoms with van der Waals surface area (Å²) in [6.45, 7) is 5.52. The molecule has 1 unspecified atom stereocenters. The van der Waals surface area contributed by atoms with Gasteiger partial charge in [-0.3, -0.25) is 9.59 Å². The van der Waals surface area contributed by atoms with E-state index in [1.54, 1.807) is 30.7 Å². The minimum Gasteiger partial charge on any atom is -0.350 e. The van der Waals surface area contributed by atoms with Crippen LogP contribution >= 0.6 is 0 Å². The lowest BCUT2D eigenvalue weighted by Gasteiger charge is -2.15. The van der Waals surface area contributed by atoms with Gasteiger partial charge in [0.15, 0.2) is 5.52 Å². The van der Waals surface area contributed by atoms with Crippen LogP contribution in [0.2, 0.25) is 0 Å². The summed E-state index contributed by atoms with van der Waals surface area (Å²) in [6, 6.07) is 14.6. The maximum atomic E-state index is 13.1. The molecule has 1 N–H and O–H groups in total. The number of carbonyl (C=O) groups is 1. The fourth-order valence-electron chi connectivity index (χ4n) is 3.58. The van der Waals surface area contributed by atoms with E-state index in [2.05, 4.69) is 15.5 Å². The van der Waals surface area contributed by atoms with Crippen LogP contribution in [0.3, 0.4) is 0 Å². The zero-order valence-electron chi connectivity index (χ0n) is 17.5. The first-order valence-electron chi connectivity index (χ1n) is 9.93. The highest BCUT2D eigenvalue weighted by molar-refractivity contribution is 5.84. The van der Waals surface area contributed by atoms with Crippen molar-refractivity contribution < 1.29 is 9.18 Å². The Hall–Kier alpha value is -3.81. The Kier molecular flexibility index (Phi) is 5.37. The third-order valence-electron chi connectivity index (χ3n) is 5.27. The van der Waals surface area contributed by atoms with Gasteiger partial charge >= 0.3 is 0 Å². The molecule has 2 aromatic carbocycles. The highest BCUT2D eigenvalue weighted by Gasteiger charge is 2.23.